The molecule has 0 radical (unpaired) electrons. The van der Waals surface area contributed by atoms with Crippen molar-refractivity contribution in [2.75, 3.05) is 6.61 Å². The number of rotatable bonds is 5. The van der Waals surface area contributed by atoms with E-state index < -0.39 is 6.10 Å². The van der Waals surface area contributed by atoms with E-state index in [1.165, 1.54) is 0 Å². The SMILES string of the molecule is CCOC(=O)CC[C@H](C)[C@H]1CC[C@@H]2[C@@H]3C(=O)C[C@@H]4C[C@H](O)CC[C@]4(C)[C@@H]3C[C@H](O)[C@@]21C. The topological polar surface area (TPSA) is 83.8 Å². The lowest BCUT2D eigenvalue weighted by molar-refractivity contribution is -0.182. The first kappa shape index (κ1) is 23.2. The summed E-state index contributed by atoms with van der Waals surface area (Å²) in [5.41, 5.74) is -0.212. The molecule has 0 unspecified atom stereocenters. The van der Waals surface area contributed by atoms with Gasteiger partial charge in [0.1, 0.15) is 5.78 Å². The summed E-state index contributed by atoms with van der Waals surface area (Å²) in [7, 11) is 0. The van der Waals surface area contributed by atoms with Gasteiger partial charge in [0.15, 0.2) is 0 Å². The largest absolute Gasteiger partial charge is 0.466 e. The van der Waals surface area contributed by atoms with Crippen LogP contribution in [0.5, 0.6) is 0 Å². The highest BCUT2D eigenvalue weighted by Crippen LogP contribution is 2.67. The van der Waals surface area contributed by atoms with Gasteiger partial charge in [-0.15, -0.1) is 0 Å². The highest BCUT2D eigenvalue weighted by molar-refractivity contribution is 5.83. The number of ether oxygens (including phenoxy) is 1. The summed E-state index contributed by atoms with van der Waals surface area (Å²) in [6.07, 6.45) is 6.34. The molecular formula is C26H42O5. The lowest BCUT2D eigenvalue weighted by Crippen LogP contribution is -2.61. The fourth-order valence-electron chi connectivity index (χ4n) is 8.62. The first-order chi connectivity index (χ1) is 14.6. The van der Waals surface area contributed by atoms with E-state index in [0.29, 0.717) is 43.5 Å². The quantitative estimate of drug-likeness (QED) is 0.636. The van der Waals surface area contributed by atoms with Gasteiger partial charge in [-0.25, -0.2) is 0 Å². The molecule has 176 valence electrons. The summed E-state index contributed by atoms with van der Waals surface area (Å²) in [6.45, 7) is 9.01. The summed E-state index contributed by atoms with van der Waals surface area (Å²) in [5.74, 6) is 1.64. The fourth-order valence-corrected chi connectivity index (χ4v) is 8.62. The van der Waals surface area contributed by atoms with Crippen LogP contribution in [-0.4, -0.2) is 40.8 Å². The molecular weight excluding hydrogens is 392 g/mol. The molecule has 0 aliphatic heterocycles. The fraction of sp³-hybridized carbons (Fsp3) is 0.923. The Morgan fingerprint density at radius 2 is 1.90 bits per heavy atom. The van der Waals surface area contributed by atoms with Crippen molar-refractivity contribution in [2.45, 2.75) is 97.7 Å². The van der Waals surface area contributed by atoms with Crippen LogP contribution in [0.4, 0.5) is 0 Å². The second-order valence-electron chi connectivity index (χ2n) is 11.7. The number of carbonyl (C=O) groups excluding carboxylic acids is 2. The van der Waals surface area contributed by atoms with Gasteiger partial charge >= 0.3 is 5.97 Å². The van der Waals surface area contributed by atoms with Crippen molar-refractivity contribution in [1.29, 1.82) is 0 Å². The van der Waals surface area contributed by atoms with Gasteiger partial charge in [0.2, 0.25) is 0 Å². The van der Waals surface area contributed by atoms with Crippen molar-refractivity contribution in [3.05, 3.63) is 0 Å². The van der Waals surface area contributed by atoms with Crippen molar-refractivity contribution in [1.82, 2.24) is 0 Å². The van der Waals surface area contributed by atoms with E-state index in [4.69, 9.17) is 4.74 Å². The van der Waals surface area contributed by atoms with E-state index in [1.807, 2.05) is 6.92 Å². The molecule has 0 bridgehead atoms. The Balaban J connectivity index is 1.55. The van der Waals surface area contributed by atoms with Crippen LogP contribution in [0.3, 0.4) is 0 Å². The maximum absolute atomic E-state index is 13.5. The first-order valence-electron chi connectivity index (χ1n) is 12.7. The zero-order valence-electron chi connectivity index (χ0n) is 19.8. The minimum Gasteiger partial charge on any atom is -0.466 e. The first-order valence-corrected chi connectivity index (χ1v) is 12.7. The number of esters is 1. The Kier molecular flexibility index (Phi) is 6.33. The summed E-state index contributed by atoms with van der Waals surface area (Å²) < 4.78 is 5.11. The zero-order valence-corrected chi connectivity index (χ0v) is 19.8. The van der Waals surface area contributed by atoms with E-state index in [9.17, 15) is 19.8 Å². The number of carbonyl (C=O) groups is 2. The van der Waals surface area contributed by atoms with E-state index in [0.717, 1.165) is 38.5 Å². The van der Waals surface area contributed by atoms with Crippen molar-refractivity contribution < 1.29 is 24.5 Å². The Bertz CT molecular complexity index is 706. The molecule has 4 rings (SSSR count). The Hall–Kier alpha value is -0.940. The Morgan fingerprint density at radius 3 is 2.61 bits per heavy atom. The Labute approximate surface area is 187 Å². The molecule has 0 saturated heterocycles. The standard InChI is InChI=1S/C26H42O5/c1-5-31-23(30)9-6-15(2)18-7-8-19-24-20(14-22(29)26(18,19)4)25(3)11-10-17(27)12-16(25)13-21(24)28/h15-20,22,24,27,29H,5-14H2,1-4H3/t15-,16-,17+,18+,19+,20+,22-,24-,25-,26+/m0/s1. The van der Waals surface area contributed by atoms with Crippen LogP contribution in [0.15, 0.2) is 0 Å². The maximum atomic E-state index is 13.5. The molecule has 0 heterocycles. The number of fused-ring (bicyclic) bond motifs is 5. The third kappa shape index (κ3) is 3.68. The second-order valence-corrected chi connectivity index (χ2v) is 11.7. The summed E-state index contributed by atoms with van der Waals surface area (Å²) >= 11 is 0. The van der Waals surface area contributed by atoms with Gasteiger partial charge in [0.25, 0.3) is 0 Å². The van der Waals surface area contributed by atoms with Crippen LogP contribution < -0.4 is 0 Å². The van der Waals surface area contributed by atoms with E-state index in [-0.39, 0.29) is 46.6 Å². The van der Waals surface area contributed by atoms with Gasteiger partial charge in [0.05, 0.1) is 18.8 Å². The molecule has 2 N–H and O–H groups in total. The molecule has 5 heteroatoms. The van der Waals surface area contributed by atoms with Gasteiger partial charge in [-0.3, -0.25) is 9.59 Å². The molecule has 0 aromatic carbocycles. The molecule has 0 spiro atoms. The second kappa shape index (κ2) is 8.44. The highest BCUT2D eigenvalue weighted by Gasteiger charge is 2.65. The number of ketones is 1. The number of hydrogen-bond acceptors (Lipinski definition) is 5. The minimum atomic E-state index is -0.411. The van der Waals surface area contributed by atoms with Crippen molar-refractivity contribution in [3.63, 3.8) is 0 Å². The zero-order chi connectivity index (χ0) is 22.6. The molecule has 0 aromatic heterocycles. The Morgan fingerprint density at radius 1 is 1.16 bits per heavy atom. The van der Waals surface area contributed by atoms with Crippen LogP contribution in [0, 0.1) is 46.3 Å². The molecule has 4 saturated carbocycles. The molecule has 4 aliphatic rings. The molecule has 5 nitrogen and oxygen atoms in total. The van der Waals surface area contributed by atoms with Gasteiger partial charge < -0.3 is 14.9 Å². The smallest absolute Gasteiger partial charge is 0.305 e. The lowest BCUT2D eigenvalue weighted by Gasteiger charge is -2.61. The predicted molar refractivity (Wildman–Crippen MR) is 118 cm³/mol. The third-order valence-electron chi connectivity index (χ3n) is 10.4. The van der Waals surface area contributed by atoms with Gasteiger partial charge in [-0.05, 0) is 86.9 Å². The maximum Gasteiger partial charge on any atom is 0.305 e. The van der Waals surface area contributed by atoms with E-state index in [2.05, 4.69) is 20.8 Å². The van der Waals surface area contributed by atoms with E-state index >= 15 is 0 Å². The molecule has 31 heavy (non-hydrogen) atoms. The van der Waals surface area contributed by atoms with Crippen LogP contribution in [0.2, 0.25) is 0 Å². The molecule has 10 atom stereocenters. The summed E-state index contributed by atoms with van der Waals surface area (Å²) in [4.78, 5) is 25.3. The number of aliphatic hydroxyl groups excluding tert-OH is 2. The summed E-state index contributed by atoms with van der Waals surface area (Å²) in [5, 5.41) is 21.8. The molecule has 4 aliphatic carbocycles. The summed E-state index contributed by atoms with van der Waals surface area (Å²) in [6, 6.07) is 0. The van der Waals surface area contributed by atoms with Crippen LogP contribution >= 0.6 is 0 Å². The van der Waals surface area contributed by atoms with E-state index in [1.54, 1.807) is 0 Å². The lowest BCUT2D eigenvalue weighted by atomic mass is 9.43. The van der Waals surface area contributed by atoms with Crippen LogP contribution in [-0.2, 0) is 14.3 Å². The molecule has 0 aromatic rings. The number of Topliss-reactive ketones (excluding diaryl/α,β-unsaturated/α-hetero) is 1. The van der Waals surface area contributed by atoms with Crippen molar-refractivity contribution >= 4 is 11.8 Å². The van der Waals surface area contributed by atoms with Gasteiger partial charge in [0, 0.05) is 24.2 Å². The highest BCUT2D eigenvalue weighted by atomic mass is 16.5. The molecule has 0 amide bonds. The van der Waals surface area contributed by atoms with Crippen LogP contribution in [0.1, 0.15) is 85.5 Å². The third-order valence-corrected chi connectivity index (χ3v) is 10.4. The van der Waals surface area contributed by atoms with Gasteiger partial charge in [-0.2, -0.15) is 0 Å². The number of aliphatic hydroxyl groups is 2. The van der Waals surface area contributed by atoms with Crippen molar-refractivity contribution in [3.8, 4) is 0 Å². The normalized spacial score (nSPS) is 47.8. The predicted octanol–water partition coefficient (Wildman–Crippen LogP) is 4.14. The average Bonchev–Trinajstić information content (AvgIpc) is 3.07. The minimum absolute atomic E-state index is 0.0483. The molecule has 4 fully saturated rings. The number of hydrogen-bond donors (Lipinski definition) is 2. The average molecular weight is 435 g/mol. The monoisotopic (exact) mass is 434 g/mol. The van der Waals surface area contributed by atoms with Gasteiger partial charge in [-0.1, -0.05) is 20.8 Å². The van der Waals surface area contributed by atoms with Crippen LogP contribution in [0.25, 0.3) is 0 Å². The van der Waals surface area contributed by atoms with Crippen molar-refractivity contribution in [2.24, 2.45) is 46.3 Å².